The van der Waals surface area contributed by atoms with E-state index in [-0.39, 0.29) is 17.7 Å². The molecule has 0 spiro atoms. The van der Waals surface area contributed by atoms with Crippen molar-refractivity contribution in [3.63, 3.8) is 0 Å². The lowest BCUT2D eigenvalue weighted by molar-refractivity contribution is -0.137. The Bertz CT molecular complexity index is 996. The third kappa shape index (κ3) is 3.57. The molecule has 0 bridgehead atoms. The van der Waals surface area contributed by atoms with Crippen LogP contribution in [0.5, 0.6) is 0 Å². The lowest BCUT2D eigenvalue weighted by Gasteiger charge is -2.20. The third-order valence-electron chi connectivity index (χ3n) is 5.16. The zero-order valence-corrected chi connectivity index (χ0v) is 14.8. The molecule has 0 saturated carbocycles. The standard InChI is InChI=1S/C21H18F3N3O/c22-21(23,24)15-6-4-13(5-7-15)17-11-26-12-18(17)20(28)27-19-3-1-2-14-10-25-9-8-16(14)19/h1-10,17-18,26H,11-12H2,(H,27,28)/t17-,18+/m1/s1. The molecule has 1 fully saturated rings. The minimum atomic E-state index is -4.37. The molecule has 4 nitrogen and oxygen atoms in total. The molecule has 1 aliphatic heterocycles. The van der Waals surface area contributed by atoms with Crippen molar-refractivity contribution in [2.45, 2.75) is 12.1 Å². The monoisotopic (exact) mass is 385 g/mol. The zero-order valence-electron chi connectivity index (χ0n) is 14.8. The van der Waals surface area contributed by atoms with Crippen LogP contribution in [0.2, 0.25) is 0 Å². The number of alkyl halides is 3. The summed E-state index contributed by atoms with van der Waals surface area (Å²) >= 11 is 0. The van der Waals surface area contributed by atoms with E-state index in [1.165, 1.54) is 12.1 Å². The van der Waals surface area contributed by atoms with E-state index in [4.69, 9.17) is 0 Å². The van der Waals surface area contributed by atoms with Crippen LogP contribution in [0.25, 0.3) is 10.8 Å². The van der Waals surface area contributed by atoms with Crippen molar-refractivity contribution in [3.05, 3.63) is 72.1 Å². The van der Waals surface area contributed by atoms with Crippen molar-refractivity contribution in [1.82, 2.24) is 10.3 Å². The van der Waals surface area contributed by atoms with Crippen molar-refractivity contribution < 1.29 is 18.0 Å². The molecule has 0 radical (unpaired) electrons. The summed E-state index contributed by atoms with van der Waals surface area (Å²) in [6.45, 7) is 1.02. The molecule has 4 rings (SSSR count). The summed E-state index contributed by atoms with van der Waals surface area (Å²) in [6.07, 6.45) is -0.973. The molecule has 2 atom stereocenters. The fourth-order valence-corrected chi connectivity index (χ4v) is 3.68. The summed E-state index contributed by atoms with van der Waals surface area (Å²) in [5.74, 6) is -0.702. The largest absolute Gasteiger partial charge is 0.416 e. The summed E-state index contributed by atoms with van der Waals surface area (Å²) in [7, 11) is 0. The number of hydrogen-bond acceptors (Lipinski definition) is 3. The van der Waals surface area contributed by atoms with Gasteiger partial charge >= 0.3 is 6.18 Å². The van der Waals surface area contributed by atoms with Crippen LogP contribution in [0.1, 0.15) is 17.0 Å². The molecule has 0 aliphatic carbocycles. The normalized spacial score (nSPS) is 19.7. The van der Waals surface area contributed by atoms with E-state index in [9.17, 15) is 18.0 Å². The molecule has 2 aromatic carbocycles. The first-order chi connectivity index (χ1) is 13.4. The number of nitrogens with one attached hydrogen (secondary N) is 2. The number of benzene rings is 2. The van der Waals surface area contributed by atoms with Crippen LogP contribution in [0, 0.1) is 5.92 Å². The Hall–Kier alpha value is -2.93. The third-order valence-corrected chi connectivity index (χ3v) is 5.16. The van der Waals surface area contributed by atoms with Gasteiger partial charge in [-0.15, -0.1) is 0 Å². The molecule has 2 N–H and O–H groups in total. The number of halogens is 3. The molecule has 3 aromatic rings. The van der Waals surface area contributed by atoms with Crippen molar-refractivity contribution >= 4 is 22.4 Å². The first-order valence-corrected chi connectivity index (χ1v) is 8.95. The number of hydrogen-bond donors (Lipinski definition) is 2. The number of anilines is 1. The van der Waals surface area contributed by atoms with Gasteiger partial charge < -0.3 is 10.6 Å². The minimum Gasteiger partial charge on any atom is -0.325 e. The van der Waals surface area contributed by atoms with Gasteiger partial charge in [0.2, 0.25) is 5.91 Å². The van der Waals surface area contributed by atoms with Crippen LogP contribution in [-0.4, -0.2) is 24.0 Å². The average molecular weight is 385 g/mol. The predicted molar refractivity (Wildman–Crippen MR) is 101 cm³/mol. The van der Waals surface area contributed by atoms with Crippen LogP contribution in [0.15, 0.2) is 60.9 Å². The Morgan fingerprint density at radius 2 is 1.86 bits per heavy atom. The maximum absolute atomic E-state index is 12.9. The Labute approximate surface area is 159 Å². The number of pyridine rings is 1. The highest BCUT2D eigenvalue weighted by molar-refractivity contribution is 6.03. The van der Waals surface area contributed by atoms with E-state index < -0.39 is 11.7 Å². The number of carbonyl (C=O) groups is 1. The van der Waals surface area contributed by atoms with Gasteiger partial charge in [0.05, 0.1) is 11.5 Å². The molecular formula is C21H18F3N3O. The van der Waals surface area contributed by atoms with E-state index in [2.05, 4.69) is 15.6 Å². The van der Waals surface area contributed by atoms with Crippen molar-refractivity contribution in [1.29, 1.82) is 0 Å². The Kier molecular flexibility index (Phi) is 4.77. The quantitative estimate of drug-likeness (QED) is 0.711. The van der Waals surface area contributed by atoms with Crippen molar-refractivity contribution in [3.8, 4) is 0 Å². The van der Waals surface area contributed by atoms with Gasteiger partial charge in [-0.2, -0.15) is 13.2 Å². The van der Waals surface area contributed by atoms with Gasteiger partial charge in [0, 0.05) is 47.9 Å². The van der Waals surface area contributed by atoms with Crippen LogP contribution < -0.4 is 10.6 Å². The van der Waals surface area contributed by atoms with Crippen LogP contribution in [-0.2, 0) is 11.0 Å². The number of amides is 1. The summed E-state index contributed by atoms with van der Waals surface area (Å²) < 4.78 is 38.4. The SMILES string of the molecule is O=C(Nc1cccc2cnccc12)[C@H]1CNC[C@@H]1c1ccc(C(F)(F)F)cc1. The van der Waals surface area contributed by atoms with Crippen molar-refractivity contribution in [2.75, 3.05) is 18.4 Å². The number of aromatic nitrogens is 1. The van der Waals surface area contributed by atoms with Crippen molar-refractivity contribution in [2.24, 2.45) is 5.92 Å². The highest BCUT2D eigenvalue weighted by atomic mass is 19.4. The number of carbonyl (C=O) groups excluding carboxylic acids is 1. The number of nitrogens with zero attached hydrogens (tertiary/aromatic N) is 1. The smallest absolute Gasteiger partial charge is 0.325 e. The number of fused-ring (bicyclic) bond motifs is 1. The molecule has 7 heteroatoms. The maximum Gasteiger partial charge on any atom is 0.416 e. The first-order valence-electron chi connectivity index (χ1n) is 8.95. The highest BCUT2D eigenvalue weighted by Gasteiger charge is 2.35. The molecule has 1 aliphatic rings. The molecular weight excluding hydrogens is 367 g/mol. The van der Waals surface area contributed by atoms with Gasteiger partial charge in [0.15, 0.2) is 0 Å². The predicted octanol–water partition coefficient (Wildman–Crippen LogP) is 4.20. The molecule has 1 aromatic heterocycles. The molecule has 0 unspecified atom stereocenters. The topological polar surface area (TPSA) is 54.0 Å². The van der Waals surface area contributed by atoms with Crippen LogP contribution in [0.3, 0.4) is 0 Å². The van der Waals surface area contributed by atoms with Crippen LogP contribution in [0.4, 0.5) is 18.9 Å². The summed E-state index contributed by atoms with van der Waals surface area (Å²) in [4.78, 5) is 17.0. The first kappa shape index (κ1) is 18.4. The number of rotatable bonds is 3. The molecule has 1 saturated heterocycles. The van der Waals surface area contributed by atoms with Gasteiger partial charge in [-0.3, -0.25) is 9.78 Å². The minimum absolute atomic E-state index is 0.154. The fraction of sp³-hybridized carbons (Fsp3) is 0.238. The molecule has 2 heterocycles. The lowest BCUT2D eigenvalue weighted by Crippen LogP contribution is -2.28. The van der Waals surface area contributed by atoms with E-state index in [0.717, 1.165) is 28.5 Å². The Balaban J connectivity index is 1.55. The highest BCUT2D eigenvalue weighted by Crippen LogP contribution is 2.34. The lowest BCUT2D eigenvalue weighted by atomic mass is 9.87. The van der Waals surface area contributed by atoms with Gasteiger partial charge in [0.1, 0.15) is 0 Å². The second-order valence-corrected chi connectivity index (χ2v) is 6.88. The van der Waals surface area contributed by atoms with Gasteiger partial charge in [0.25, 0.3) is 0 Å². The van der Waals surface area contributed by atoms with Crippen LogP contribution >= 0.6 is 0 Å². The molecule has 144 valence electrons. The Morgan fingerprint density at radius 1 is 1.07 bits per heavy atom. The van der Waals surface area contributed by atoms with E-state index in [1.807, 2.05) is 24.3 Å². The average Bonchev–Trinajstić information content (AvgIpc) is 3.18. The van der Waals surface area contributed by atoms with E-state index in [1.54, 1.807) is 12.4 Å². The van der Waals surface area contributed by atoms with E-state index >= 15 is 0 Å². The van der Waals surface area contributed by atoms with Gasteiger partial charge in [-0.05, 0) is 29.8 Å². The van der Waals surface area contributed by atoms with Gasteiger partial charge in [-0.1, -0.05) is 24.3 Å². The second kappa shape index (κ2) is 7.24. The maximum atomic E-state index is 12.9. The summed E-state index contributed by atoms with van der Waals surface area (Å²) in [6, 6.07) is 12.5. The Morgan fingerprint density at radius 3 is 2.61 bits per heavy atom. The second-order valence-electron chi connectivity index (χ2n) is 6.88. The molecule has 28 heavy (non-hydrogen) atoms. The molecule has 1 amide bonds. The van der Waals surface area contributed by atoms with Gasteiger partial charge in [-0.25, -0.2) is 0 Å². The summed E-state index contributed by atoms with van der Waals surface area (Å²) in [5.41, 5.74) is 0.732. The summed E-state index contributed by atoms with van der Waals surface area (Å²) in [5, 5.41) is 7.96. The fourth-order valence-electron chi connectivity index (χ4n) is 3.68. The van der Waals surface area contributed by atoms with E-state index in [0.29, 0.717) is 18.8 Å². The zero-order chi connectivity index (χ0) is 19.7.